The molecule has 6 heteroatoms. The van der Waals surface area contributed by atoms with E-state index in [1.807, 2.05) is 0 Å². The third-order valence-corrected chi connectivity index (χ3v) is 2.08. The number of amides is 1. The molecule has 93 valence electrons. The third kappa shape index (κ3) is 3.37. The molecule has 3 nitrogen and oxygen atoms in total. The molecule has 1 aromatic carbocycles. The second-order valence-corrected chi connectivity index (χ2v) is 3.85. The van der Waals surface area contributed by atoms with Gasteiger partial charge in [0.25, 0.3) is 0 Å². The predicted molar refractivity (Wildman–Crippen MR) is 55.0 cm³/mol. The summed E-state index contributed by atoms with van der Waals surface area (Å²) in [5.41, 5.74) is -1.31. The molecule has 0 aliphatic carbocycles. The number of rotatable bonds is 2. The monoisotopic (exact) mass is 246 g/mol. The Kier molecular flexibility index (Phi) is 3.65. The van der Waals surface area contributed by atoms with Crippen LogP contribution < -0.4 is 5.32 Å². The summed E-state index contributed by atoms with van der Waals surface area (Å²) in [4.78, 5) is 11.3. The fourth-order valence-corrected chi connectivity index (χ4v) is 1.12. The number of halogens is 3. The Balaban J connectivity index is 3.01. The van der Waals surface area contributed by atoms with Gasteiger partial charge in [-0.05, 0) is 18.2 Å². The van der Waals surface area contributed by atoms with Crippen LogP contribution in [0.25, 0.3) is 0 Å². The van der Waals surface area contributed by atoms with Gasteiger partial charge in [0.1, 0.15) is 5.56 Å². The summed E-state index contributed by atoms with van der Waals surface area (Å²) >= 11 is 0. The van der Waals surface area contributed by atoms with Crippen LogP contribution in [0.5, 0.6) is 5.75 Å². The first-order chi connectivity index (χ1) is 7.71. The van der Waals surface area contributed by atoms with E-state index in [4.69, 9.17) is 0 Å². The number of alkyl halides is 3. The maximum absolute atomic E-state index is 12.4. The molecule has 0 saturated heterocycles. The summed E-state index contributed by atoms with van der Waals surface area (Å²) in [6, 6.07) is 2.58. The van der Waals surface area contributed by atoms with Crippen LogP contribution >= 0.6 is 0 Å². The highest BCUT2D eigenvalue weighted by molar-refractivity contribution is 5.92. The van der Waals surface area contributed by atoms with Crippen molar-refractivity contribution < 1.29 is 23.1 Å². The summed E-state index contributed by atoms with van der Waals surface area (Å²) in [6.45, 7) is 3.23. The maximum atomic E-state index is 12.4. The van der Waals surface area contributed by atoms with Crippen LogP contribution in [0, 0.1) is 5.92 Å². The average molecular weight is 246 g/mol. The van der Waals surface area contributed by atoms with Gasteiger partial charge in [-0.3, -0.25) is 9.90 Å². The Hall–Kier alpha value is -1.72. The van der Waals surface area contributed by atoms with Crippen molar-refractivity contribution in [3.8, 4) is 5.75 Å². The van der Waals surface area contributed by atoms with E-state index in [-0.39, 0.29) is 11.6 Å². The van der Waals surface area contributed by atoms with Gasteiger partial charge in [0.2, 0.25) is 5.91 Å². The lowest BCUT2D eigenvalue weighted by atomic mass is 10.1. The van der Waals surface area contributed by atoms with Gasteiger partial charge in [0.15, 0.2) is 5.75 Å². The molecule has 17 heavy (non-hydrogen) atoms. The van der Waals surface area contributed by atoms with E-state index < -0.39 is 23.4 Å². The van der Waals surface area contributed by atoms with E-state index in [2.05, 4.69) is 5.32 Å². The number of carbonyl (C=O) groups is 1. The van der Waals surface area contributed by atoms with E-state index in [1.165, 1.54) is 0 Å². The van der Waals surface area contributed by atoms with Gasteiger partial charge < -0.3 is 5.32 Å². The number of nitrogens with one attached hydrogen (secondary N) is 1. The molecule has 0 heterocycles. The van der Waals surface area contributed by atoms with E-state index in [0.717, 1.165) is 12.1 Å². The normalized spacial score (nSPS) is 11.6. The fourth-order valence-electron chi connectivity index (χ4n) is 1.12. The summed E-state index contributed by atoms with van der Waals surface area (Å²) < 4.78 is 37.2. The van der Waals surface area contributed by atoms with E-state index in [1.54, 1.807) is 13.8 Å². The molecule has 0 spiro atoms. The molecule has 1 aromatic rings. The van der Waals surface area contributed by atoms with E-state index in [0.29, 0.717) is 6.07 Å². The third-order valence-electron chi connectivity index (χ3n) is 2.08. The predicted octanol–water partition coefficient (Wildman–Crippen LogP) is 3.44. The van der Waals surface area contributed by atoms with Crippen LogP contribution in [0.1, 0.15) is 19.4 Å². The van der Waals surface area contributed by atoms with Gasteiger partial charge in [-0.25, -0.2) is 0 Å². The zero-order valence-corrected chi connectivity index (χ0v) is 9.26. The Bertz CT molecular complexity index is 427. The molecular weight excluding hydrogens is 235 g/mol. The second-order valence-electron chi connectivity index (χ2n) is 3.85. The average Bonchev–Trinajstić information content (AvgIpc) is 2.19. The fraction of sp³-hybridized carbons (Fsp3) is 0.364. The smallest absolute Gasteiger partial charge is 0.326 e. The number of carbonyl (C=O) groups excluding carboxylic acids is 1. The number of anilines is 1. The highest BCUT2D eigenvalue weighted by Gasteiger charge is 2.34. The highest BCUT2D eigenvalue weighted by atomic mass is 19.4. The Morgan fingerprint density at radius 2 is 1.88 bits per heavy atom. The van der Waals surface area contributed by atoms with Crippen molar-refractivity contribution >= 4 is 11.6 Å². The van der Waals surface area contributed by atoms with Crippen molar-refractivity contribution in [1.82, 2.24) is 0 Å². The molecule has 0 unspecified atom stereocenters. The van der Waals surface area contributed by atoms with Crippen LogP contribution in [-0.4, -0.2) is 5.91 Å². The molecule has 0 fully saturated rings. The van der Waals surface area contributed by atoms with E-state index >= 15 is 0 Å². The Labute approximate surface area is 96.3 Å². The molecule has 1 rings (SSSR count). The molecule has 0 atom stereocenters. The number of benzene rings is 1. The van der Waals surface area contributed by atoms with Gasteiger partial charge in [0, 0.05) is 11.6 Å². The lowest BCUT2D eigenvalue weighted by Gasteiger charge is -2.11. The Morgan fingerprint density at radius 3 is 2.35 bits per heavy atom. The minimum Gasteiger partial charge on any atom is -0.326 e. The van der Waals surface area contributed by atoms with Crippen molar-refractivity contribution in [2.24, 2.45) is 5.92 Å². The van der Waals surface area contributed by atoms with Gasteiger partial charge in [0.05, 0.1) is 0 Å². The lowest BCUT2D eigenvalue weighted by molar-refractivity contribution is -0.139. The molecule has 0 aromatic heterocycles. The topological polar surface area (TPSA) is 49.0 Å². The number of hydrogen-bond donors (Lipinski definition) is 1. The van der Waals surface area contributed by atoms with Crippen LogP contribution in [0.15, 0.2) is 18.2 Å². The molecule has 1 radical (unpaired) electrons. The van der Waals surface area contributed by atoms with Crippen molar-refractivity contribution in [2.45, 2.75) is 20.0 Å². The zero-order valence-electron chi connectivity index (χ0n) is 9.26. The van der Waals surface area contributed by atoms with Crippen molar-refractivity contribution in [3.05, 3.63) is 23.8 Å². The second kappa shape index (κ2) is 4.65. The molecule has 1 amide bonds. The van der Waals surface area contributed by atoms with Crippen LogP contribution in [0.2, 0.25) is 0 Å². The summed E-state index contributed by atoms with van der Waals surface area (Å²) in [6.07, 6.45) is -4.71. The molecule has 0 aliphatic rings. The quantitative estimate of drug-likeness (QED) is 0.853. The molecule has 0 bridgehead atoms. The summed E-state index contributed by atoms with van der Waals surface area (Å²) in [5.74, 6) is -1.87. The molecule has 0 saturated carbocycles. The van der Waals surface area contributed by atoms with Crippen LogP contribution in [0.4, 0.5) is 18.9 Å². The number of hydrogen-bond acceptors (Lipinski definition) is 1. The standard InChI is InChI=1S/C11H11F3NO2/c1-6(2)10(17)15-7-3-4-9(16)8(5-7)11(12,13)14/h3-6H,1-2H3,(H,15,17). The van der Waals surface area contributed by atoms with Crippen molar-refractivity contribution in [1.29, 1.82) is 0 Å². The van der Waals surface area contributed by atoms with Crippen molar-refractivity contribution in [2.75, 3.05) is 5.32 Å². The first kappa shape index (κ1) is 13.3. The van der Waals surface area contributed by atoms with Gasteiger partial charge in [-0.2, -0.15) is 13.2 Å². The SMILES string of the molecule is CC(C)C(=O)Nc1ccc([O])c(C(F)(F)F)c1. The van der Waals surface area contributed by atoms with Gasteiger partial charge >= 0.3 is 6.18 Å². The first-order valence-corrected chi connectivity index (χ1v) is 4.91. The largest absolute Gasteiger partial charge is 0.420 e. The molecular formula is C11H11F3NO2. The van der Waals surface area contributed by atoms with Crippen LogP contribution in [-0.2, 0) is 16.1 Å². The van der Waals surface area contributed by atoms with Crippen LogP contribution in [0.3, 0.4) is 0 Å². The summed E-state index contributed by atoms with van der Waals surface area (Å²) in [7, 11) is 0. The van der Waals surface area contributed by atoms with Gasteiger partial charge in [-0.1, -0.05) is 13.8 Å². The molecule has 1 N–H and O–H groups in total. The Morgan fingerprint density at radius 1 is 1.29 bits per heavy atom. The zero-order chi connectivity index (χ0) is 13.2. The maximum Gasteiger partial charge on any atom is 0.420 e. The highest BCUT2D eigenvalue weighted by Crippen LogP contribution is 2.37. The first-order valence-electron chi connectivity index (χ1n) is 4.91. The minimum atomic E-state index is -4.71. The molecule has 0 aliphatic heterocycles. The minimum absolute atomic E-state index is 0.0318. The van der Waals surface area contributed by atoms with Gasteiger partial charge in [-0.15, -0.1) is 0 Å². The van der Waals surface area contributed by atoms with Crippen molar-refractivity contribution in [3.63, 3.8) is 0 Å². The lowest BCUT2D eigenvalue weighted by Crippen LogP contribution is -2.18. The van der Waals surface area contributed by atoms with E-state index in [9.17, 15) is 23.1 Å². The summed E-state index contributed by atoms with van der Waals surface area (Å²) in [5, 5.41) is 13.3.